The average molecular weight is 333 g/mol. The molecule has 20 heavy (non-hydrogen) atoms. The first-order valence-electron chi connectivity index (χ1n) is 6.61. The van der Waals surface area contributed by atoms with Crippen LogP contribution < -0.4 is 0 Å². The molecule has 0 N–H and O–H groups in total. The zero-order valence-corrected chi connectivity index (χ0v) is 15.7. The van der Waals surface area contributed by atoms with E-state index >= 15 is 0 Å². The summed E-state index contributed by atoms with van der Waals surface area (Å²) in [7, 11) is -0.258. The van der Waals surface area contributed by atoms with Gasteiger partial charge in [0.15, 0.2) is 8.32 Å². The highest BCUT2D eigenvalue weighted by Crippen LogP contribution is 2.37. The van der Waals surface area contributed by atoms with Crippen molar-refractivity contribution in [3.05, 3.63) is 16.3 Å². The van der Waals surface area contributed by atoms with Gasteiger partial charge in [-0.05, 0) is 29.6 Å². The number of carbonyl (C=O) groups is 1. The van der Waals surface area contributed by atoms with Crippen LogP contribution in [0.3, 0.4) is 0 Å². The largest absolute Gasteiger partial charge is 0.465 e. The summed E-state index contributed by atoms with van der Waals surface area (Å²) in [6.45, 7) is 11.9. The van der Waals surface area contributed by atoms with Gasteiger partial charge in [-0.1, -0.05) is 20.8 Å². The summed E-state index contributed by atoms with van der Waals surface area (Å²) in [5, 5.41) is 2.15. The maximum Gasteiger partial charge on any atom is 0.349 e. The number of hydrogen-bond acceptors (Lipinski definition) is 5. The number of methoxy groups -OCH3 is 1. The summed E-state index contributed by atoms with van der Waals surface area (Å²) in [6, 6.07) is 1.97. The second-order valence-electron chi connectivity index (χ2n) is 6.06. The van der Waals surface area contributed by atoms with Gasteiger partial charge in [-0.2, -0.15) is 0 Å². The fourth-order valence-corrected chi connectivity index (χ4v) is 4.39. The Kier molecular flexibility index (Phi) is 6.31. The first-order chi connectivity index (χ1) is 9.19. The fraction of sp³-hybridized carbons (Fsp3) is 0.643. The van der Waals surface area contributed by atoms with Crippen LogP contribution >= 0.6 is 23.1 Å². The molecule has 1 aromatic rings. The lowest BCUT2D eigenvalue weighted by molar-refractivity contribution is 0.0602. The predicted octanol–water partition coefficient (Wildman–Crippen LogP) is 4.65. The molecule has 0 saturated heterocycles. The molecule has 0 amide bonds. The van der Waals surface area contributed by atoms with E-state index in [0.717, 1.165) is 17.3 Å². The molecule has 0 aliphatic rings. The minimum Gasteiger partial charge on any atom is -0.465 e. The summed E-state index contributed by atoms with van der Waals surface area (Å²) in [6.07, 6.45) is 0. The maximum absolute atomic E-state index is 11.6. The van der Waals surface area contributed by atoms with Gasteiger partial charge in [0.25, 0.3) is 0 Å². The van der Waals surface area contributed by atoms with Crippen LogP contribution in [0.15, 0.2) is 16.3 Å². The SMILES string of the molecule is COC(=O)c1sccc1SCCO[Si](C)(C)C(C)(C)C. The average Bonchev–Trinajstić information content (AvgIpc) is 2.80. The van der Waals surface area contributed by atoms with Crippen molar-refractivity contribution in [2.75, 3.05) is 19.5 Å². The van der Waals surface area contributed by atoms with Gasteiger partial charge in [-0.15, -0.1) is 23.1 Å². The molecule has 0 radical (unpaired) electrons. The number of carbonyl (C=O) groups excluding carboxylic acids is 1. The van der Waals surface area contributed by atoms with Gasteiger partial charge < -0.3 is 9.16 Å². The number of ether oxygens (including phenoxy) is 1. The Morgan fingerprint density at radius 3 is 2.60 bits per heavy atom. The maximum atomic E-state index is 11.6. The third-order valence-electron chi connectivity index (χ3n) is 3.61. The molecule has 0 saturated carbocycles. The summed E-state index contributed by atoms with van der Waals surface area (Å²) in [4.78, 5) is 13.2. The highest BCUT2D eigenvalue weighted by Gasteiger charge is 2.36. The summed E-state index contributed by atoms with van der Waals surface area (Å²) in [5.74, 6) is 0.598. The fourth-order valence-electron chi connectivity index (χ4n) is 1.32. The Labute approximate surface area is 131 Å². The van der Waals surface area contributed by atoms with Crippen molar-refractivity contribution in [3.63, 3.8) is 0 Å². The molecule has 0 aliphatic carbocycles. The molecule has 0 unspecified atom stereocenters. The van der Waals surface area contributed by atoms with E-state index in [0.29, 0.717) is 4.88 Å². The van der Waals surface area contributed by atoms with E-state index in [4.69, 9.17) is 9.16 Å². The number of rotatable bonds is 6. The molecule has 0 aliphatic heterocycles. The van der Waals surface area contributed by atoms with Crippen molar-refractivity contribution >= 4 is 37.4 Å². The van der Waals surface area contributed by atoms with Crippen LogP contribution in [0.25, 0.3) is 0 Å². The lowest BCUT2D eigenvalue weighted by Gasteiger charge is -2.36. The normalized spacial score (nSPS) is 12.5. The highest BCUT2D eigenvalue weighted by atomic mass is 32.2. The van der Waals surface area contributed by atoms with Gasteiger partial charge >= 0.3 is 5.97 Å². The Morgan fingerprint density at radius 1 is 1.40 bits per heavy atom. The van der Waals surface area contributed by atoms with E-state index in [1.54, 1.807) is 11.8 Å². The van der Waals surface area contributed by atoms with Crippen molar-refractivity contribution in [2.45, 2.75) is 43.8 Å². The van der Waals surface area contributed by atoms with Gasteiger partial charge in [0.05, 0.1) is 7.11 Å². The number of hydrogen-bond donors (Lipinski definition) is 0. The van der Waals surface area contributed by atoms with Gasteiger partial charge in [-0.25, -0.2) is 4.79 Å². The molecule has 1 heterocycles. The second kappa shape index (κ2) is 7.11. The van der Waals surface area contributed by atoms with Crippen molar-refractivity contribution in [2.24, 2.45) is 0 Å². The lowest BCUT2D eigenvalue weighted by Crippen LogP contribution is -2.41. The molecule has 0 spiro atoms. The summed E-state index contributed by atoms with van der Waals surface area (Å²) >= 11 is 3.08. The molecule has 0 atom stereocenters. The summed E-state index contributed by atoms with van der Waals surface area (Å²) < 4.78 is 10.9. The van der Waals surface area contributed by atoms with Crippen molar-refractivity contribution < 1.29 is 14.0 Å². The minimum absolute atomic E-state index is 0.233. The van der Waals surface area contributed by atoms with E-state index in [9.17, 15) is 4.79 Å². The standard InChI is InChI=1S/C14H24O3S2Si/c1-14(2,3)20(5,6)17-8-10-18-11-7-9-19-12(11)13(15)16-4/h7,9H,8,10H2,1-6H3. The van der Waals surface area contributed by atoms with Gasteiger partial charge in [0, 0.05) is 17.3 Å². The van der Waals surface area contributed by atoms with Crippen LogP contribution in [0.5, 0.6) is 0 Å². The van der Waals surface area contributed by atoms with Crippen LogP contribution in [-0.4, -0.2) is 33.8 Å². The van der Waals surface area contributed by atoms with Gasteiger partial charge in [0.2, 0.25) is 0 Å². The highest BCUT2D eigenvalue weighted by molar-refractivity contribution is 7.99. The molecule has 1 rings (SSSR count). The summed E-state index contributed by atoms with van der Waals surface area (Å²) in [5.41, 5.74) is 0. The van der Waals surface area contributed by atoms with E-state index in [-0.39, 0.29) is 11.0 Å². The zero-order valence-electron chi connectivity index (χ0n) is 13.1. The van der Waals surface area contributed by atoms with Crippen LogP contribution in [0.2, 0.25) is 18.1 Å². The second-order valence-corrected chi connectivity index (χ2v) is 12.9. The zero-order chi connectivity index (χ0) is 15.4. The van der Waals surface area contributed by atoms with Gasteiger partial charge in [-0.3, -0.25) is 0 Å². The number of thioether (sulfide) groups is 1. The number of esters is 1. The molecular formula is C14H24O3S2Si. The third-order valence-corrected chi connectivity index (χ3v) is 10.2. The van der Waals surface area contributed by atoms with E-state index in [2.05, 4.69) is 33.9 Å². The molecule has 1 aromatic heterocycles. The monoisotopic (exact) mass is 332 g/mol. The topological polar surface area (TPSA) is 35.5 Å². The predicted molar refractivity (Wildman–Crippen MR) is 89.5 cm³/mol. The van der Waals surface area contributed by atoms with Crippen molar-refractivity contribution in [3.8, 4) is 0 Å². The smallest absolute Gasteiger partial charge is 0.349 e. The van der Waals surface area contributed by atoms with Gasteiger partial charge in [0.1, 0.15) is 4.88 Å². The molecule has 0 aromatic carbocycles. The van der Waals surface area contributed by atoms with E-state index in [1.165, 1.54) is 18.4 Å². The molecule has 3 nitrogen and oxygen atoms in total. The number of thiophene rings is 1. The Morgan fingerprint density at radius 2 is 2.05 bits per heavy atom. The molecular weight excluding hydrogens is 308 g/mol. The van der Waals surface area contributed by atoms with Crippen molar-refractivity contribution in [1.82, 2.24) is 0 Å². The minimum atomic E-state index is -1.67. The molecule has 0 fully saturated rings. The third kappa shape index (κ3) is 4.61. The Hall–Kier alpha value is -0.303. The molecule has 114 valence electrons. The van der Waals surface area contributed by atoms with Crippen LogP contribution in [0, 0.1) is 0 Å². The first kappa shape index (κ1) is 17.7. The lowest BCUT2D eigenvalue weighted by atomic mass is 10.2. The van der Waals surface area contributed by atoms with Crippen LogP contribution in [-0.2, 0) is 9.16 Å². The Balaban J connectivity index is 2.47. The first-order valence-corrected chi connectivity index (χ1v) is 11.4. The van der Waals surface area contributed by atoms with Crippen LogP contribution in [0.4, 0.5) is 0 Å². The Bertz CT molecular complexity index is 450. The molecule has 6 heteroatoms. The molecule has 0 bridgehead atoms. The van der Waals surface area contributed by atoms with Crippen LogP contribution in [0.1, 0.15) is 30.4 Å². The quantitative estimate of drug-likeness (QED) is 0.329. The van der Waals surface area contributed by atoms with Crippen molar-refractivity contribution in [1.29, 1.82) is 0 Å². The van der Waals surface area contributed by atoms with E-state index in [1.807, 2.05) is 11.4 Å². The van der Waals surface area contributed by atoms with E-state index < -0.39 is 8.32 Å².